The molecule has 1 aliphatic carbocycles. The standard InChI is InChI=1S/C16H25ClN2O3/c1-10(2)11-7-12-9-14(22-6-4-5-21-3)16(17)18-15(12)13(8-11)19-20/h9-11,13,19-20H,4-8H2,1-3H3. The molecule has 0 saturated heterocycles. The van der Waals surface area contributed by atoms with Crippen LogP contribution < -0.4 is 10.2 Å². The SMILES string of the molecule is COCCCOc1cc2c(nc1Cl)C(NO)CC(C(C)C)C2. The molecule has 1 aromatic heterocycles. The molecule has 6 heteroatoms. The maximum Gasteiger partial charge on any atom is 0.171 e. The van der Waals surface area contributed by atoms with E-state index in [2.05, 4.69) is 24.3 Å². The fourth-order valence-electron chi connectivity index (χ4n) is 2.88. The number of pyridine rings is 1. The van der Waals surface area contributed by atoms with E-state index in [1.807, 2.05) is 6.07 Å². The highest BCUT2D eigenvalue weighted by molar-refractivity contribution is 6.30. The number of methoxy groups -OCH3 is 1. The van der Waals surface area contributed by atoms with Crippen molar-refractivity contribution in [2.45, 2.75) is 39.2 Å². The summed E-state index contributed by atoms with van der Waals surface area (Å²) in [6.45, 7) is 5.61. The number of halogens is 1. The molecule has 124 valence electrons. The fourth-order valence-corrected chi connectivity index (χ4v) is 3.08. The van der Waals surface area contributed by atoms with Crippen molar-refractivity contribution in [3.05, 3.63) is 22.5 Å². The number of aromatic nitrogens is 1. The normalized spacial score (nSPS) is 21.0. The summed E-state index contributed by atoms with van der Waals surface area (Å²) in [5, 5.41) is 9.77. The first kappa shape index (κ1) is 17.5. The van der Waals surface area contributed by atoms with Gasteiger partial charge in [0.25, 0.3) is 0 Å². The summed E-state index contributed by atoms with van der Waals surface area (Å²) in [4.78, 5) is 4.45. The average Bonchev–Trinajstić information content (AvgIpc) is 2.50. The van der Waals surface area contributed by atoms with E-state index >= 15 is 0 Å². The van der Waals surface area contributed by atoms with Gasteiger partial charge in [0.05, 0.1) is 18.3 Å². The van der Waals surface area contributed by atoms with E-state index in [1.54, 1.807) is 7.11 Å². The molecule has 1 aliphatic rings. The van der Waals surface area contributed by atoms with Gasteiger partial charge in [0.2, 0.25) is 0 Å². The smallest absolute Gasteiger partial charge is 0.171 e. The van der Waals surface area contributed by atoms with Crippen molar-refractivity contribution in [3.8, 4) is 5.75 Å². The minimum Gasteiger partial charge on any atom is -0.490 e. The van der Waals surface area contributed by atoms with Gasteiger partial charge in [0.15, 0.2) is 10.9 Å². The third-order valence-corrected chi connectivity index (χ3v) is 4.53. The number of rotatable bonds is 7. The lowest BCUT2D eigenvalue weighted by molar-refractivity contribution is 0.0988. The molecular weight excluding hydrogens is 304 g/mol. The van der Waals surface area contributed by atoms with Gasteiger partial charge in [0.1, 0.15) is 0 Å². The van der Waals surface area contributed by atoms with Crippen LogP contribution in [0.3, 0.4) is 0 Å². The Morgan fingerprint density at radius 1 is 1.45 bits per heavy atom. The van der Waals surface area contributed by atoms with Crippen LogP contribution in [0.15, 0.2) is 6.07 Å². The summed E-state index contributed by atoms with van der Waals surface area (Å²) in [6.07, 6.45) is 2.60. The number of hydrogen-bond donors (Lipinski definition) is 2. The minimum atomic E-state index is -0.170. The number of ether oxygens (including phenoxy) is 2. The number of hydroxylamine groups is 1. The Labute approximate surface area is 136 Å². The molecule has 22 heavy (non-hydrogen) atoms. The van der Waals surface area contributed by atoms with Gasteiger partial charge < -0.3 is 14.7 Å². The summed E-state index contributed by atoms with van der Waals surface area (Å²) in [5.74, 6) is 1.66. The maximum absolute atomic E-state index is 9.42. The second-order valence-electron chi connectivity index (χ2n) is 6.14. The lowest BCUT2D eigenvalue weighted by Crippen LogP contribution is -2.30. The van der Waals surface area contributed by atoms with Crippen molar-refractivity contribution in [2.24, 2.45) is 11.8 Å². The fraction of sp³-hybridized carbons (Fsp3) is 0.688. The van der Waals surface area contributed by atoms with Crippen LogP contribution in [0, 0.1) is 11.8 Å². The van der Waals surface area contributed by atoms with E-state index in [1.165, 1.54) is 0 Å². The van der Waals surface area contributed by atoms with E-state index in [4.69, 9.17) is 21.1 Å². The molecule has 0 amide bonds. The second kappa shape index (κ2) is 8.11. The van der Waals surface area contributed by atoms with Gasteiger partial charge in [-0.05, 0) is 36.3 Å². The van der Waals surface area contributed by atoms with Crippen LogP contribution in [0.2, 0.25) is 5.15 Å². The molecule has 2 unspecified atom stereocenters. The van der Waals surface area contributed by atoms with E-state index in [0.29, 0.717) is 36.0 Å². The highest BCUT2D eigenvalue weighted by Crippen LogP contribution is 2.38. The molecule has 0 bridgehead atoms. The van der Waals surface area contributed by atoms with Crippen molar-refractivity contribution < 1.29 is 14.7 Å². The first-order valence-electron chi connectivity index (χ1n) is 7.77. The summed E-state index contributed by atoms with van der Waals surface area (Å²) < 4.78 is 10.7. The largest absolute Gasteiger partial charge is 0.490 e. The Hall–Kier alpha value is -0.880. The van der Waals surface area contributed by atoms with Crippen molar-refractivity contribution >= 4 is 11.6 Å². The predicted octanol–water partition coefficient (Wildman–Crippen LogP) is 3.39. The number of nitrogens with zero attached hydrogens (tertiary/aromatic N) is 1. The van der Waals surface area contributed by atoms with Crippen molar-refractivity contribution in [3.63, 3.8) is 0 Å². The van der Waals surface area contributed by atoms with Crippen LogP contribution >= 0.6 is 11.6 Å². The lowest BCUT2D eigenvalue weighted by Gasteiger charge is -2.32. The molecule has 2 N–H and O–H groups in total. The second-order valence-corrected chi connectivity index (χ2v) is 6.50. The Morgan fingerprint density at radius 2 is 2.23 bits per heavy atom. The van der Waals surface area contributed by atoms with Gasteiger partial charge in [-0.1, -0.05) is 25.4 Å². The molecule has 1 heterocycles. The van der Waals surface area contributed by atoms with E-state index in [9.17, 15) is 5.21 Å². The van der Waals surface area contributed by atoms with Gasteiger partial charge in [-0.25, -0.2) is 4.98 Å². The topological polar surface area (TPSA) is 63.6 Å². The zero-order valence-corrected chi connectivity index (χ0v) is 14.2. The highest BCUT2D eigenvalue weighted by Gasteiger charge is 2.30. The van der Waals surface area contributed by atoms with Crippen LogP contribution in [0.4, 0.5) is 0 Å². The quantitative estimate of drug-likeness (QED) is 0.456. The van der Waals surface area contributed by atoms with Crippen LogP contribution in [-0.2, 0) is 11.2 Å². The molecule has 0 saturated carbocycles. The van der Waals surface area contributed by atoms with Crippen LogP contribution in [0.5, 0.6) is 5.75 Å². The zero-order valence-electron chi connectivity index (χ0n) is 13.4. The molecule has 1 aromatic rings. The van der Waals surface area contributed by atoms with Gasteiger partial charge in [-0.2, -0.15) is 5.48 Å². The first-order chi connectivity index (χ1) is 10.6. The summed E-state index contributed by atoms with van der Waals surface area (Å²) in [6, 6.07) is 1.80. The molecule has 0 radical (unpaired) electrons. The minimum absolute atomic E-state index is 0.170. The maximum atomic E-state index is 9.42. The zero-order chi connectivity index (χ0) is 16.1. The van der Waals surface area contributed by atoms with Gasteiger partial charge in [0, 0.05) is 20.1 Å². The molecule has 2 rings (SSSR count). The van der Waals surface area contributed by atoms with Crippen LogP contribution in [0.1, 0.15) is 44.0 Å². The predicted molar refractivity (Wildman–Crippen MR) is 85.5 cm³/mol. The van der Waals surface area contributed by atoms with Gasteiger partial charge >= 0.3 is 0 Å². The van der Waals surface area contributed by atoms with E-state index in [-0.39, 0.29) is 6.04 Å². The third kappa shape index (κ3) is 4.10. The summed E-state index contributed by atoms with van der Waals surface area (Å²) >= 11 is 6.22. The Morgan fingerprint density at radius 3 is 2.86 bits per heavy atom. The van der Waals surface area contributed by atoms with Gasteiger partial charge in [-0.3, -0.25) is 0 Å². The number of nitrogens with one attached hydrogen (secondary N) is 1. The first-order valence-corrected chi connectivity index (χ1v) is 8.15. The molecule has 0 fully saturated rings. The molecule has 5 nitrogen and oxygen atoms in total. The van der Waals surface area contributed by atoms with Crippen molar-refractivity contribution in [1.82, 2.24) is 10.5 Å². The monoisotopic (exact) mass is 328 g/mol. The van der Waals surface area contributed by atoms with E-state index < -0.39 is 0 Å². The number of hydrogen-bond acceptors (Lipinski definition) is 5. The third-order valence-electron chi connectivity index (χ3n) is 4.26. The van der Waals surface area contributed by atoms with Crippen molar-refractivity contribution in [1.29, 1.82) is 0 Å². The summed E-state index contributed by atoms with van der Waals surface area (Å²) in [5.41, 5.74) is 4.30. The molecular formula is C16H25ClN2O3. The Balaban J connectivity index is 2.18. The molecule has 2 atom stereocenters. The van der Waals surface area contributed by atoms with Gasteiger partial charge in [-0.15, -0.1) is 0 Å². The molecule has 0 spiro atoms. The molecule has 0 aromatic carbocycles. The highest BCUT2D eigenvalue weighted by atomic mass is 35.5. The average molecular weight is 329 g/mol. The van der Waals surface area contributed by atoms with Crippen LogP contribution in [-0.4, -0.2) is 30.5 Å². The van der Waals surface area contributed by atoms with Crippen molar-refractivity contribution in [2.75, 3.05) is 20.3 Å². The number of fused-ring (bicyclic) bond motifs is 1. The van der Waals surface area contributed by atoms with Crippen LogP contribution in [0.25, 0.3) is 0 Å². The van der Waals surface area contributed by atoms with E-state index in [0.717, 1.165) is 30.5 Å². The Bertz CT molecular complexity index is 497. The summed E-state index contributed by atoms with van der Waals surface area (Å²) in [7, 11) is 1.67. The lowest BCUT2D eigenvalue weighted by atomic mass is 9.78. The molecule has 0 aliphatic heterocycles. The Kier molecular flexibility index (Phi) is 6.44.